The summed E-state index contributed by atoms with van der Waals surface area (Å²) < 4.78 is 0.816. The Morgan fingerprint density at radius 3 is 2.59 bits per heavy atom. The van der Waals surface area contributed by atoms with Crippen LogP contribution in [0.15, 0.2) is 15.7 Å². The number of aromatic nitrogens is 2. The summed E-state index contributed by atoms with van der Waals surface area (Å²) in [6.45, 7) is 8.53. The molecule has 0 fully saturated rings. The third-order valence-electron chi connectivity index (χ3n) is 2.17. The molecule has 1 aromatic heterocycles. The maximum absolute atomic E-state index is 9.00. The highest BCUT2D eigenvalue weighted by molar-refractivity contribution is 9.10. The van der Waals surface area contributed by atoms with Gasteiger partial charge in [-0.05, 0) is 21.8 Å². The Labute approximate surface area is 116 Å². The molecule has 1 heterocycles. The summed E-state index contributed by atoms with van der Waals surface area (Å²) in [5, 5.41) is 9.95. The number of thioether (sulfide) groups is 1. The fourth-order valence-corrected chi connectivity index (χ4v) is 2.53. The Hall–Kier alpha value is -0.130. The molecule has 0 amide bonds. The van der Waals surface area contributed by atoms with E-state index in [0.717, 1.165) is 21.2 Å². The first-order valence-electron chi connectivity index (χ1n) is 5.61. The van der Waals surface area contributed by atoms with Gasteiger partial charge < -0.3 is 5.11 Å². The van der Waals surface area contributed by atoms with Crippen molar-refractivity contribution in [1.29, 1.82) is 0 Å². The average Bonchev–Trinajstić information content (AvgIpc) is 2.24. The van der Waals surface area contributed by atoms with Crippen molar-refractivity contribution in [2.45, 2.75) is 38.1 Å². The molecule has 0 aromatic carbocycles. The van der Waals surface area contributed by atoms with E-state index in [0.29, 0.717) is 0 Å². The van der Waals surface area contributed by atoms with Crippen LogP contribution in [0.5, 0.6) is 0 Å². The van der Waals surface area contributed by atoms with E-state index in [4.69, 9.17) is 5.11 Å². The van der Waals surface area contributed by atoms with Crippen molar-refractivity contribution in [2.24, 2.45) is 5.92 Å². The lowest BCUT2D eigenvalue weighted by molar-refractivity contribution is 0.250. The highest BCUT2D eigenvalue weighted by atomic mass is 79.9. The van der Waals surface area contributed by atoms with Crippen LogP contribution in [0.1, 0.15) is 33.5 Å². The predicted octanol–water partition coefficient (Wildman–Crippen LogP) is 3.26. The molecule has 1 unspecified atom stereocenters. The molecule has 96 valence electrons. The van der Waals surface area contributed by atoms with Gasteiger partial charge in [-0.25, -0.2) is 9.97 Å². The Balaban J connectivity index is 2.83. The summed E-state index contributed by atoms with van der Waals surface area (Å²) in [6.07, 6.45) is 0. The fourth-order valence-electron chi connectivity index (χ4n) is 1.09. The fraction of sp³-hybridized carbons (Fsp3) is 0.667. The van der Waals surface area contributed by atoms with E-state index in [-0.39, 0.29) is 17.9 Å². The monoisotopic (exact) mass is 318 g/mol. The van der Waals surface area contributed by atoms with Crippen LogP contribution in [-0.2, 0) is 5.41 Å². The first kappa shape index (κ1) is 14.9. The second-order valence-corrected chi connectivity index (χ2v) is 7.05. The van der Waals surface area contributed by atoms with Crippen molar-refractivity contribution in [2.75, 3.05) is 12.4 Å². The normalized spacial score (nSPS) is 13.8. The Morgan fingerprint density at radius 2 is 2.06 bits per heavy atom. The van der Waals surface area contributed by atoms with Crippen molar-refractivity contribution < 1.29 is 5.11 Å². The third-order valence-corrected chi connectivity index (χ3v) is 3.82. The number of halogens is 1. The highest BCUT2D eigenvalue weighted by Crippen LogP contribution is 2.26. The SMILES string of the molecule is CC(CO)CSc1cc(Br)nc(C(C)(C)C)n1. The third kappa shape index (κ3) is 4.94. The number of rotatable bonds is 4. The van der Waals surface area contributed by atoms with Gasteiger partial charge >= 0.3 is 0 Å². The number of aliphatic hydroxyl groups excluding tert-OH is 1. The molecule has 0 saturated heterocycles. The molecular weight excluding hydrogens is 300 g/mol. The minimum Gasteiger partial charge on any atom is -0.396 e. The molecular formula is C12H19BrN2OS. The maximum Gasteiger partial charge on any atom is 0.136 e. The Bertz CT molecular complexity index is 379. The van der Waals surface area contributed by atoms with Crippen molar-refractivity contribution >= 4 is 27.7 Å². The zero-order valence-electron chi connectivity index (χ0n) is 10.7. The minimum absolute atomic E-state index is 0.0539. The molecule has 0 saturated carbocycles. The molecule has 0 aliphatic heterocycles. The lowest BCUT2D eigenvalue weighted by atomic mass is 9.96. The number of hydrogen-bond donors (Lipinski definition) is 1. The second-order valence-electron chi connectivity index (χ2n) is 5.20. The van der Waals surface area contributed by atoms with Gasteiger partial charge in [0.15, 0.2) is 0 Å². The lowest BCUT2D eigenvalue weighted by Gasteiger charge is -2.17. The maximum atomic E-state index is 9.00. The van der Waals surface area contributed by atoms with Crippen LogP contribution in [0.3, 0.4) is 0 Å². The molecule has 1 rings (SSSR count). The molecule has 1 aromatic rings. The molecule has 0 aliphatic rings. The minimum atomic E-state index is -0.0539. The van der Waals surface area contributed by atoms with Gasteiger partial charge in [0.2, 0.25) is 0 Å². The number of hydrogen-bond acceptors (Lipinski definition) is 4. The van der Waals surface area contributed by atoms with E-state index >= 15 is 0 Å². The van der Waals surface area contributed by atoms with E-state index in [2.05, 4.69) is 46.7 Å². The molecule has 0 aliphatic carbocycles. The Kier molecular flexibility index (Phi) is 5.41. The van der Waals surface area contributed by atoms with Gasteiger partial charge in [0.05, 0.1) is 0 Å². The molecule has 1 N–H and O–H groups in total. The first-order chi connectivity index (χ1) is 7.82. The smallest absolute Gasteiger partial charge is 0.136 e. The first-order valence-corrected chi connectivity index (χ1v) is 7.39. The average molecular weight is 319 g/mol. The zero-order valence-corrected chi connectivity index (χ0v) is 13.1. The summed E-state index contributed by atoms with van der Waals surface area (Å²) in [7, 11) is 0. The van der Waals surface area contributed by atoms with Crippen LogP contribution in [0.4, 0.5) is 0 Å². The second kappa shape index (κ2) is 6.16. The topological polar surface area (TPSA) is 46.0 Å². The number of aliphatic hydroxyl groups is 1. The summed E-state index contributed by atoms with van der Waals surface area (Å²) in [5.41, 5.74) is -0.0539. The van der Waals surface area contributed by atoms with E-state index in [1.165, 1.54) is 0 Å². The molecule has 17 heavy (non-hydrogen) atoms. The summed E-state index contributed by atoms with van der Waals surface area (Å²) >= 11 is 5.07. The summed E-state index contributed by atoms with van der Waals surface area (Å²) in [5.74, 6) is 1.99. The van der Waals surface area contributed by atoms with Crippen molar-refractivity contribution in [1.82, 2.24) is 9.97 Å². The molecule has 5 heteroatoms. The summed E-state index contributed by atoms with van der Waals surface area (Å²) in [6, 6.07) is 1.92. The van der Waals surface area contributed by atoms with Crippen molar-refractivity contribution in [3.05, 3.63) is 16.5 Å². The van der Waals surface area contributed by atoms with Gasteiger partial charge in [-0.2, -0.15) is 0 Å². The van der Waals surface area contributed by atoms with E-state index in [1.807, 2.05) is 13.0 Å². The van der Waals surface area contributed by atoms with Crippen LogP contribution >= 0.6 is 27.7 Å². The molecule has 0 spiro atoms. The van der Waals surface area contributed by atoms with Crippen LogP contribution < -0.4 is 0 Å². The van der Waals surface area contributed by atoms with Crippen molar-refractivity contribution in [3.8, 4) is 0 Å². The van der Waals surface area contributed by atoms with E-state index in [1.54, 1.807) is 11.8 Å². The summed E-state index contributed by atoms with van der Waals surface area (Å²) in [4.78, 5) is 8.95. The van der Waals surface area contributed by atoms with Crippen LogP contribution in [0, 0.1) is 5.92 Å². The Morgan fingerprint density at radius 1 is 1.41 bits per heavy atom. The molecule has 1 atom stereocenters. The van der Waals surface area contributed by atoms with Crippen LogP contribution in [0.25, 0.3) is 0 Å². The zero-order chi connectivity index (χ0) is 13.1. The molecule has 0 radical (unpaired) electrons. The standard InChI is InChI=1S/C12H19BrN2OS/c1-8(6-16)7-17-10-5-9(13)14-11(15-10)12(2,3)4/h5,8,16H,6-7H2,1-4H3. The largest absolute Gasteiger partial charge is 0.396 e. The van der Waals surface area contributed by atoms with E-state index < -0.39 is 0 Å². The van der Waals surface area contributed by atoms with Crippen LogP contribution in [0.2, 0.25) is 0 Å². The van der Waals surface area contributed by atoms with Gasteiger partial charge in [0.25, 0.3) is 0 Å². The highest BCUT2D eigenvalue weighted by Gasteiger charge is 2.18. The van der Waals surface area contributed by atoms with Gasteiger partial charge in [-0.15, -0.1) is 11.8 Å². The van der Waals surface area contributed by atoms with Gasteiger partial charge in [-0.1, -0.05) is 27.7 Å². The van der Waals surface area contributed by atoms with E-state index in [9.17, 15) is 0 Å². The van der Waals surface area contributed by atoms with Gasteiger partial charge in [-0.3, -0.25) is 0 Å². The molecule has 3 nitrogen and oxygen atoms in total. The van der Waals surface area contributed by atoms with Crippen molar-refractivity contribution in [3.63, 3.8) is 0 Å². The quantitative estimate of drug-likeness (QED) is 0.683. The number of nitrogens with zero attached hydrogens (tertiary/aromatic N) is 2. The molecule has 0 bridgehead atoms. The van der Waals surface area contributed by atoms with Gasteiger partial charge in [0, 0.05) is 23.8 Å². The van der Waals surface area contributed by atoms with Crippen LogP contribution in [-0.4, -0.2) is 27.4 Å². The lowest BCUT2D eigenvalue weighted by Crippen LogP contribution is -2.16. The predicted molar refractivity (Wildman–Crippen MR) is 75.4 cm³/mol. The van der Waals surface area contributed by atoms with Gasteiger partial charge in [0.1, 0.15) is 15.5 Å².